The maximum atomic E-state index is 12.2. The Hall–Kier alpha value is -1.75. The van der Waals surface area contributed by atoms with Gasteiger partial charge in [-0.25, -0.2) is 0 Å². The SMILES string of the molecule is COc1cccc(OCCNC(=O)[C@]2(C)CCCCN2)c1. The lowest BCUT2D eigenvalue weighted by Gasteiger charge is -2.33. The maximum Gasteiger partial charge on any atom is 0.240 e. The van der Waals surface area contributed by atoms with Crippen LogP contribution in [0.25, 0.3) is 0 Å². The molecule has 1 fully saturated rings. The summed E-state index contributed by atoms with van der Waals surface area (Å²) in [5.74, 6) is 1.55. The molecule has 1 aromatic rings. The van der Waals surface area contributed by atoms with E-state index in [1.165, 1.54) is 0 Å². The zero-order chi connectivity index (χ0) is 15.1. The number of hydrogen-bond donors (Lipinski definition) is 2. The number of benzene rings is 1. The van der Waals surface area contributed by atoms with Crippen molar-refractivity contribution in [1.29, 1.82) is 0 Å². The Balaban J connectivity index is 1.72. The monoisotopic (exact) mass is 292 g/mol. The second-order valence-electron chi connectivity index (χ2n) is 5.50. The van der Waals surface area contributed by atoms with E-state index in [4.69, 9.17) is 9.47 Å². The van der Waals surface area contributed by atoms with Gasteiger partial charge in [0.05, 0.1) is 19.2 Å². The van der Waals surface area contributed by atoms with Crippen LogP contribution < -0.4 is 20.1 Å². The molecule has 0 aliphatic carbocycles. The summed E-state index contributed by atoms with van der Waals surface area (Å²) in [7, 11) is 1.62. The van der Waals surface area contributed by atoms with Gasteiger partial charge in [-0.1, -0.05) is 6.07 Å². The van der Waals surface area contributed by atoms with E-state index in [1.807, 2.05) is 31.2 Å². The highest BCUT2D eigenvalue weighted by molar-refractivity contribution is 5.85. The average molecular weight is 292 g/mol. The zero-order valence-electron chi connectivity index (χ0n) is 12.8. The third-order valence-corrected chi connectivity index (χ3v) is 3.82. The second kappa shape index (κ2) is 7.31. The molecule has 1 amide bonds. The molecular formula is C16H24N2O3. The fourth-order valence-electron chi connectivity index (χ4n) is 2.47. The van der Waals surface area contributed by atoms with E-state index >= 15 is 0 Å². The number of amides is 1. The van der Waals surface area contributed by atoms with E-state index in [9.17, 15) is 4.79 Å². The average Bonchev–Trinajstić information content (AvgIpc) is 2.52. The van der Waals surface area contributed by atoms with Gasteiger partial charge in [-0.05, 0) is 44.9 Å². The van der Waals surface area contributed by atoms with Gasteiger partial charge in [-0.2, -0.15) is 0 Å². The summed E-state index contributed by atoms with van der Waals surface area (Å²) in [6.07, 6.45) is 3.12. The molecule has 5 nitrogen and oxygen atoms in total. The highest BCUT2D eigenvalue weighted by atomic mass is 16.5. The number of hydrogen-bond acceptors (Lipinski definition) is 4. The molecule has 21 heavy (non-hydrogen) atoms. The lowest BCUT2D eigenvalue weighted by Crippen LogP contribution is -2.57. The maximum absolute atomic E-state index is 12.2. The van der Waals surface area contributed by atoms with Crippen molar-refractivity contribution in [2.75, 3.05) is 26.8 Å². The normalized spacial score (nSPS) is 21.6. The summed E-state index contributed by atoms with van der Waals surface area (Å²) in [5, 5.41) is 6.23. The molecule has 1 aliphatic rings. The molecule has 1 atom stereocenters. The Kier molecular flexibility index (Phi) is 5.44. The standard InChI is InChI=1S/C16H24N2O3/c1-16(8-3-4-9-18-16)15(19)17-10-11-21-14-7-5-6-13(12-14)20-2/h5-7,12,18H,3-4,8-11H2,1-2H3,(H,17,19)/t16-/m0/s1. The van der Waals surface area contributed by atoms with Gasteiger partial charge in [0.2, 0.25) is 5.91 Å². The van der Waals surface area contributed by atoms with Crippen molar-refractivity contribution in [3.63, 3.8) is 0 Å². The molecule has 0 aromatic heterocycles. The molecule has 0 radical (unpaired) electrons. The van der Waals surface area contributed by atoms with Gasteiger partial charge in [0.15, 0.2) is 0 Å². The van der Waals surface area contributed by atoms with Crippen molar-refractivity contribution in [1.82, 2.24) is 10.6 Å². The molecule has 0 spiro atoms. The van der Waals surface area contributed by atoms with Crippen LogP contribution in [0.4, 0.5) is 0 Å². The van der Waals surface area contributed by atoms with Gasteiger partial charge in [-0.15, -0.1) is 0 Å². The highest BCUT2D eigenvalue weighted by Gasteiger charge is 2.33. The van der Waals surface area contributed by atoms with Crippen molar-refractivity contribution in [2.45, 2.75) is 31.7 Å². The number of piperidine rings is 1. The topological polar surface area (TPSA) is 59.6 Å². The van der Waals surface area contributed by atoms with E-state index in [-0.39, 0.29) is 5.91 Å². The second-order valence-corrected chi connectivity index (χ2v) is 5.50. The number of nitrogens with one attached hydrogen (secondary N) is 2. The van der Waals surface area contributed by atoms with E-state index in [0.717, 1.165) is 37.3 Å². The lowest BCUT2D eigenvalue weighted by molar-refractivity contribution is -0.128. The summed E-state index contributed by atoms with van der Waals surface area (Å²) in [6, 6.07) is 7.43. The van der Waals surface area contributed by atoms with Crippen molar-refractivity contribution < 1.29 is 14.3 Å². The minimum atomic E-state index is -0.436. The van der Waals surface area contributed by atoms with Crippen LogP contribution >= 0.6 is 0 Å². The summed E-state index contributed by atoms with van der Waals surface area (Å²) < 4.78 is 10.7. The van der Waals surface area contributed by atoms with Crippen molar-refractivity contribution >= 4 is 5.91 Å². The first kappa shape index (κ1) is 15.6. The fraction of sp³-hybridized carbons (Fsp3) is 0.562. The fourth-order valence-corrected chi connectivity index (χ4v) is 2.47. The predicted octanol–water partition coefficient (Wildman–Crippen LogP) is 1.72. The van der Waals surface area contributed by atoms with Crippen LogP contribution in [0.2, 0.25) is 0 Å². The number of ether oxygens (including phenoxy) is 2. The van der Waals surface area contributed by atoms with Crippen LogP contribution in [0, 0.1) is 0 Å². The van der Waals surface area contributed by atoms with Gasteiger partial charge in [0.25, 0.3) is 0 Å². The van der Waals surface area contributed by atoms with Crippen molar-refractivity contribution in [3.05, 3.63) is 24.3 Å². The third-order valence-electron chi connectivity index (χ3n) is 3.82. The molecule has 1 heterocycles. The number of rotatable bonds is 6. The van der Waals surface area contributed by atoms with Crippen LogP contribution in [0.1, 0.15) is 26.2 Å². The smallest absolute Gasteiger partial charge is 0.240 e. The minimum absolute atomic E-state index is 0.0523. The number of carbonyl (C=O) groups is 1. The summed E-state index contributed by atoms with van der Waals surface area (Å²) >= 11 is 0. The molecule has 0 unspecified atom stereocenters. The zero-order valence-corrected chi connectivity index (χ0v) is 12.8. The molecule has 0 bridgehead atoms. The molecule has 1 saturated heterocycles. The van der Waals surface area contributed by atoms with Crippen molar-refractivity contribution in [3.8, 4) is 11.5 Å². The van der Waals surface area contributed by atoms with E-state index < -0.39 is 5.54 Å². The van der Waals surface area contributed by atoms with Crippen LogP contribution in [0.3, 0.4) is 0 Å². The Morgan fingerprint density at radius 1 is 1.38 bits per heavy atom. The molecule has 5 heteroatoms. The van der Waals surface area contributed by atoms with Gasteiger partial charge in [0, 0.05) is 6.07 Å². The Morgan fingerprint density at radius 3 is 2.90 bits per heavy atom. The van der Waals surface area contributed by atoms with Crippen LogP contribution in [0.5, 0.6) is 11.5 Å². The van der Waals surface area contributed by atoms with Crippen LogP contribution in [-0.2, 0) is 4.79 Å². The van der Waals surface area contributed by atoms with Gasteiger partial charge in [0.1, 0.15) is 18.1 Å². The predicted molar refractivity (Wildman–Crippen MR) is 81.8 cm³/mol. The summed E-state index contributed by atoms with van der Waals surface area (Å²) in [6.45, 7) is 3.80. The minimum Gasteiger partial charge on any atom is -0.497 e. The highest BCUT2D eigenvalue weighted by Crippen LogP contribution is 2.19. The first-order valence-electron chi connectivity index (χ1n) is 7.44. The molecule has 2 rings (SSSR count). The van der Waals surface area contributed by atoms with Gasteiger partial charge in [-0.3, -0.25) is 4.79 Å². The Bertz CT molecular complexity index is 470. The van der Waals surface area contributed by atoms with E-state index in [1.54, 1.807) is 7.11 Å². The first-order valence-corrected chi connectivity index (χ1v) is 7.44. The number of methoxy groups -OCH3 is 1. The van der Waals surface area contributed by atoms with Gasteiger partial charge >= 0.3 is 0 Å². The molecule has 0 saturated carbocycles. The van der Waals surface area contributed by atoms with E-state index in [0.29, 0.717) is 13.2 Å². The Labute approximate surface area is 126 Å². The number of carbonyl (C=O) groups excluding carboxylic acids is 1. The van der Waals surface area contributed by atoms with E-state index in [2.05, 4.69) is 10.6 Å². The summed E-state index contributed by atoms with van der Waals surface area (Å²) in [4.78, 5) is 12.2. The first-order chi connectivity index (χ1) is 10.1. The summed E-state index contributed by atoms with van der Waals surface area (Å²) in [5.41, 5.74) is -0.436. The van der Waals surface area contributed by atoms with Crippen molar-refractivity contribution in [2.24, 2.45) is 0 Å². The molecule has 1 aromatic carbocycles. The lowest BCUT2D eigenvalue weighted by atomic mass is 9.90. The van der Waals surface area contributed by atoms with Crippen LogP contribution in [-0.4, -0.2) is 38.3 Å². The largest absolute Gasteiger partial charge is 0.497 e. The quantitative estimate of drug-likeness (QED) is 0.784. The molecule has 116 valence electrons. The Morgan fingerprint density at radius 2 is 2.19 bits per heavy atom. The van der Waals surface area contributed by atoms with Gasteiger partial charge < -0.3 is 20.1 Å². The third kappa shape index (κ3) is 4.36. The molecule has 1 aliphatic heterocycles. The molecule has 2 N–H and O–H groups in total. The van der Waals surface area contributed by atoms with Crippen LogP contribution in [0.15, 0.2) is 24.3 Å². The molecular weight excluding hydrogens is 268 g/mol.